The van der Waals surface area contributed by atoms with Crippen molar-refractivity contribution in [2.75, 3.05) is 13.1 Å². The summed E-state index contributed by atoms with van der Waals surface area (Å²) in [6.07, 6.45) is 4.61. The van der Waals surface area contributed by atoms with E-state index >= 15 is 0 Å². The normalized spacial score (nSPS) is 17.8. The second-order valence-corrected chi connectivity index (χ2v) is 7.71. The average Bonchev–Trinajstić information content (AvgIpc) is 3.26. The number of aromatic nitrogens is 4. The number of fused-ring (bicyclic) bond motifs is 1. The van der Waals surface area contributed by atoms with Crippen molar-refractivity contribution >= 4 is 11.6 Å². The lowest BCUT2D eigenvalue weighted by Crippen LogP contribution is -2.39. The average molecular weight is 367 g/mol. The maximum atomic E-state index is 13.1. The topological polar surface area (TPSA) is 76.5 Å². The molecule has 1 aliphatic heterocycles. The predicted molar refractivity (Wildman–Crippen MR) is 101 cm³/mol. The molecule has 4 rings (SSSR count). The number of amides is 1. The number of carbonyl (C=O) groups excluding carboxylic acids is 1. The van der Waals surface area contributed by atoms with Gasteiger partial charge in [0.25, 0.3) is 5.91 Å². The highest BCUT2D eigenvalue weighted by atomic mass is 16.5. The summed E-state index contributed by atoms with van der Waals surface area (Å²) in [7, 11) is 0. The minimum atomic E-state index is -0.0252. The van der Waals surface area contributed by atoms with Crippen molar-refractivity contribution in [1.82, 2.24) is 24.4 Å². The molecule has 0 aromatic carbocycles. The van der Waals surface area contributed by atoms with E-state index in [9.17, 15) is 4.79 Å². The highest BCUT2D eigenvalue weighted by Gasteiger charge is 2.31. The quantitative estimate of drug-likeness (QED) is 0.707. The molecule has 3 aromatic rings. The van der Waals surface area contributed by atoms with E-state index in [1.165, 1.54) is 0 Å². The Bertz CT molecular complexity index is 958. The molecule has 1 atom stereocenters. The lowest BCUT2D eigenvalue weighted by Gasteiger charge is -2.30. The predicted octanol–water partition coefficient (Wildman–Crippen LogP) is 3.24. The van der Waals surface area contributed by atoms with Crippen molar-refractivity contribution in [1.29, 1.82) is 0 Å². The van der Waals surface area contributed by atoms with Gasteiger partial charge in [0.15, 0.2) is 5.82 Å². The van der Waals surface area contributed by atoms with E-state index in [1.807, 2.05) is 40.6 Å². The van der Waals surface area contributed by atoms with Gasteiger partial charge in [-0.2, -0.15) is 4.98 Å². The van der Waals surface area contributed by atoms with Crippen LogP contribution in [0.15, 0.2) is 28.9 Å². The first kappa shape index (κ1) is 17.7. The highest BCUT2D eigenvalue weighted by molar-refractivity contribution is 5.94. The Kier molecular flexibility index (Phi) is 4.68. The molecule has 1 fully saturated rings. The van der Waals surface area contributed by atoms with Crippen LogP contribution in [0.5, 0.6) is 0 Å². The standard InChI is InChI=1S/C20H25N5O2/c1-13(2)11-16-21-19(27-23-16)15-7-6-9-24(12-15)20(26)18-14(3)25-10-5-4-8-17(25)22-18/h4-5,8,10,13,15H,6-7,9,11-12H2,1-3H3. The van der Waals surface area contributed by atoms with Crippen molar-refractivity contribution < 1.29 is 9.32 Å². The highest BCUT2D eigenvalue weighted by Crippen LogP contribution is 2.27. The molecule has 1 aliphatic rings. The van der Waals surface area contributed by atoms with E-state index in [1.54, 1.807) is 0 Å². The van der Waals surface area contributed by atoms with E-state index in [0.717, 1.165) is 43.0 Å². The van der Waals surface area contributed by atoms with Gasteiger partial charge in [-0.3, -0.25) is 4.79 Å². The SMILES string of the molecule is Cc1c(C(=O)N2CCCC(c3nc(CC(C)C)no3)C2)nc2ccccn12. The van der Waals surface area contributed by atoms with Gasteiger partial charge in [0, 0.05) is 25.7 Å². The smallest absolute Gasteiger partial charge is 0.274 e. The van der Waals surface area contributed by atoms with Crippen LogP contribution in [0.1, 0.15) is 60.5 Å². The van der Waals surface area contributed by atoms with Gasteiger partial charge in [0.05, 0.1) is 11.6 Å². The first-order chi connectivity index (χ1) is 13.0. The fourth-order valence-corrected chi connectivity index (χ4v) is 3.72. The summed E-state index contributed by atoms with van der Waals surface area (Å²) in [5.74, 6) is 1.95. The Hall–Kier alpha value is -2.70. The number of nitrogens with zero attached hydrogens (tertiary/aromatic N) is 5. The van der Waals surface area contributed by atoms with Crippen LogP contribution in [0.3, 0.4) is 0 Å². The third-order valence-electron chi connectivity index (χ3n) is 5.10. The second-order valence-electron chi connectivity index (χ2n) is 7.71. The number of piperidine rings is 1. The molecule has 7 heteroatoms. The van der Waals surface area contributed by atoms with E-state index in [4.69, 9.17) is 4.52 Å². The minimum absolute atomic E-state index is 0.0252. The number of pyridine rings is 1. The fraction of sp³-hybridized carbons (Fsp3) is 0.500. The Labute approximate surface area is 158 Å². The molecule has 4 heterocycles. The van der Waals surface area contributed by atoms with Gasteiger partial charge in [0.1, 0.15) is 11.3 Å². The van der Waals surface area contributed by atoms with E-state index in [2.05, 4.69) is 29.0 Å². The van der Waals surface area contributed by atoms with Crippen molar-refractivity contribution in [3.8, 4) is 0 Å². The molecular formula is C20H25N5O2. The van der Waals surface area contributed by atoms with Gasteiger partial charge in [-0.1, -0.05) is 25.1 Å². The largest absolute Gasteiger partial charge is 0.339 e. The van der Waals surface area contributed by atoms with Crippen molar-refractivity contribution in [3.05, 3.63) is 47.5 Å². The molecule has 0 aliphatic carbocycles. The summed E-state index contributed by atoms with van der Waals surface area (Å²) in [5.41, 5.74) is 2.18. The number of imidazole rings is 1. The molecule has 1 saturated heterocycles. The zero-order chi connectivity index (χ0) is 19.0. The minimum Gasteiger partial charge on any atom is -0.339 e. The summed E-state index contributed by atoms with van der Waals surface area (Å²) in [6, 6.07) is 5.78. The van der Waals surface area contributed by atoms with Crippen LogP contribution < -0.4 is 0 Å². The number of rotatable bonds is 4. The van der Waals surface area contributed by atoms with Gasteiger partial charge >= 0.3 is 0 Å². The summed E-state index contributed by atoms with van der Waals surface area (Å²) in [5, 5.41) is 4.10. The Morgan fingerprint density at radius 1 is 1.33 bits per heavy atom. The van der Waals surface area contributed by atoms with Crippen LogP contribution in [-0.2, 0) is 6.42 Å². The third-order valence-corrected chi connectivity index (χ3v) is 5.10. The molecule has 142 valence electrons. The lowest BCUT2D eigenvalue weighted by molar-refractivity contribution is 0.0689. The molecular weight excluding hydrogens is 342 g/mol. The summed E-state index contributed by atoms with van der Waals surface area (Å²) < 4.78 is 7.44. The zero-order valence-electron chi connectivity index (χ0n) is 16.1. The number of aryl methyl sites for hydroxylation is 1. The molecule has 0 spiro atoms. The van der Waals surface area contributed by atoms with Gasteiger partial charge in [0.2, 0.25) is 5.89 Å². The van der Waals surface area contributed by atoms with Crippen LogP contribution in [0.25, 0.3) is 5.65 Å². The summed E-state index contributed by atoms with van der Waals surface area (Å²) in [6.45, 7) is 7.53. The van der Waals surface area contributed by atoms with Crippen LogP contribution in [0.2, 0.25) is 0 Å². The fourth-order valence-electron chi connectivity index (χ4n) is 3.72. The van der Waals surface area contributed by atoms with Crippen LogP contribution in [0, 0.1) is 12.8 Å². The Morgan fingerprint density at radius 2 is 2.19 bits per heavy atom. The number of likely N-dealkylation sites (tertiary alicyclic amines) is 1. The maximum Gasteiger partial charge on any atom is 0.274 e. The Balaban J connectivity index is 1.53. The molecule has 7 nitrogen and oxygen atoms in total. The van der Waals surface area contributed by atoms with Gasteiger partial charge < -0.3 is 13.8 Å². The molecule has 1 amide bonds. The van der Waals surface area contributed by atoms with Crippen LogP contribution >= 0.6 is 0 Å². The molecule has 27 heavy (non-hydrogen) atoms. The van der Waals surface area contributed by atoms with Gasteiger partial charge in [-0.15, -0.1) is 0 Å². The first-order valence-electron chi connectivity index (χ1n) is 9.58. The van der Waals surface area contributed by atoms with Crippen molar-refractivity contribution in [2.24, 2.45) is 5.92 Å². The number of hydrogen-bond donors (Lipinski definition) is 0. The number of carbonyl (C=O) groups is 1. The van der Waals surface area contributed by atoms with Crippen LogP contribution in [-0.4, -0.2) is 43.4 Å². The molecule has 0 bridgehead atoms. The van der Waals surface area contributed by atoms with E-state index < -0.39 is 0 Å². The molecule has 0 saturated carbocycles. The molecule has 1 unspecified atom stereocenters. The van der Waals surface area contributed by atoms with Crippen molar-refractivity contribution in [2.45, 2.75) is 46.0 Å². The molecule has 0 radical (unpaired) electrons. The summed E-state index contributed by atoms with van der Waals surface area (Å²) >= 11 is 0. The van der Waals surface area contributed by atoms with Gasteiger partial charge in [-0.05, 0) is 37.8 Å². The molecule has 3 aromatic heterocycles. The Morgan fingerprint density at radius 3 is 2.96 bits per heavy atom. The summed E-state index contributed by atoms with van der Waals surface area (Å²) in [4.78, 5) is 24.1. The van der Waals surface area contributed by atoms with Crippen molar-refractivity contribution in [3.63, 3.8) is 0 Å². The van der Waals surface area contributed by atoms with E-state index in [0.29, 0.717) is 24.0 Å². The molecule has 0 N–H and O–H groups in total. The van der Waals surface area contributed by atoms with E-state index in [-0.39, 0.29) is 11.8 Å². The number of hydrogen-bond acceptors (Lipinski definition) is 5. The zero-order valence-corrected chi connectivity index (χ0v) is 16.1. The van der Waals surface area contributed by atoms with Crippen LogP contribution in [0.4, 0.5) is 0 Å². The lowest BCUT2D eigenvalue weighted by atomic mass is 9.97. The third kappa shape index (κ3) is 3.46. The van der Waals surface area contributed by atoms with Gasteiger partial charge in [-0.25, -0.2) is 4.98 Å². The second kappa shape index (κ2) is 7.13. The first-order valence-corrected chi connectivity index (χ1v) is 9.58. The maximum absolute atomic E-state index is 13.1. The monoisotopic (exact) mass is 367 g/mol.